The number of ketones is 1. The summed E-state index contributed by atoms with van der Waals surface area (Å²) in [6.07, 6.45) is 8.57. The van der Waals surface area contributed by atoms with Crippen molar-refractivity contribution in [3.8, 4) is 0 Å². The molecule has 6 heteroatoms. The number of rotatable bonds is 4. The normalized spacial score (nSPS) is 31.3. The molecule has 1 saturated carbocycles. The zero-order valence-corrected chi connectivity index (χ0v) is 21.5. The maximum Gasteiger partial charge on any atom is 0.250 e. The number of para-hydroxylation sites is 1. The molecule has 4 nitrogen and oxygen atoms in total. The monoisotopic (exact) mass is 524 g/mol. The number of nitrogens with zero attached hydrogens (tertiary/aromatic N) is 1. The number of anilines is 1. The Morgan fingerprint density at radius 2 is 1.59 bits per heavy atom. The first-order chi connectivity index (χ1) is 19.0. The van der Waals surface area contributed by atoms with E-state index in [2.05, 4.69) is 10.2 Å². The molecule has 6 atom stereocenters. The number of amides is 1. The molecule has 7 rings (SSSR count). The van der Waals surface area contributed by atoms with E-state index < -0.39 is 11.5 Å². The zero-order chi connectivity index (χ0) is 26.7. The van der Waals surface area contributed by atoms with Gasteiger partial charge in [0, 0.05) is 29.3 Å². The van der Waals surface area contributed by atoms with Gasteiger partial charge in [0.25, 0.3) is 0 Å². The van der Waals surface area contributed by atoms with Crippen LogP contribution >= 0.6 is 0 Å². The molecular weight excluding hydrogens is 494 g/mol. The summed E-state index contributed by atoms with van der Waals surface area (Å²) in [5.41, 5.74) is 2.04. The summed E-state index contributed by atoms with van der Waals surface area (Å²) in [4.78, 5) is 31.1. The van der Waals surface area contributed by atoms with Gasteiger partial charge in [-0.05, 0) is 72.7 Å². The molecule has 3 heterocycles. The highest BCUT2D eigenvalue weighted by atomic mass is 19.1. The van der Waals surface area contributed by atoms with Crippen LogP contribution in [0.1, 0.15) is 54.7 Å². The number of carbonyl (C=O) groups is 2. The first-order valence-electron chi connectivity index (χ1n) is 13.9. The van der Waals surface area contributed by atoms with Gasteiger partial charge in [-0.1, -0.05) is 61.4 Å². The minimum Gasteiger partial charge on any atom is -0.324 e. The number of benzene rings is 3. The van der Waals surface area contributed by atoms with Crippen LogP contribution in [-0.4, -0.2) is 28.7 Å². The van der Waals surface area contributed by atoms with Gasteiger partial charge in [-0.3, -0.25) is 14.5 Å². The zero-order valence-electron chi connectivity index (χ0n) is 21.5. The average Bonchev–Trinajstić information content (AvgIpc) is 3.56. The van der Waals surface area contributed by atoms with Gasteiger partial charge in [-0.2, -0.15) is 0 Å². The third-order valence-electron chi connectivity index (χ3n) is 9.56. The van der Waals surface area contributed by atoms with Crippen LogP contribution in [0.25, 0.3) is 6.08 Å². The number of halogens is 2. The van der Waals surface area contributed by atoms with Gasteiger partial charge in [0.1, 0.15) is 17.2 Å². The van der Waals surface area contributed by atoms with Crippen LogP contribution in [0.5, 0.6) is 0 Å². The first-order valence-corrected chi connectivity index (χ1v) is 13.9. The largest absolute Gasteiger partial charge is 0.324 e. The number of hydrogen-bond acceptors (Lipinski definition) is 3. The van der Waals surface area contributed by atoms with Crippen LogP contribution in [0.2, 0.25) is 0 Å². The lowest BCUT2D eigenvalue weighted by Gasteiger charge is -2.42. The van der Waals surface area contributed by atoms with E-state index in [1.165, 1.54) is 30.7 Å². The number of nitrogens with one attached hydrogen (secondary N) is 1. The Labute approximate surface area is 226 Å². The molecule has 3 aromatic rings. The highest BCUT2D eigenvalue weighted by Crippen LogP contribution is 2.64. The minimum absolute atomic E-state index is 0.0198. The molecule has 3 fully saturated rings. The van der Waals surface area contributed by atoms with E-state index in [0.29, 0.717) is 11.5 Å². The summed E-state index contributed by atoms with van der Waals surface area (Å²) in [5.74, 6) is -1.48. The fraction of sp³-hybridized carbons (Fsp3) is 0.333. The molecule has 198 valence electrons. The standard InChI is InChI=1S/C33H30F2N2O2/c34-23-14-9-20(10-15-23)11-18-29(38)31-30(21-12-16-24(35)17-13-21)28-19-22-5-1-4-8-27(22)37(28)33(31)25-6-2-3-7-26(25)36-32(33)39/h2-3,6-7,9-18,22,27-28,30-31H,1,4-5,8,19H2,(H,36,39)/b18-11+/t22-,27+,28-,30-,31+,33+/m1/s1. The third kappa shape index (κ3) is 3.64. The second-order valence-corrected chi connectivity index (χ2v) is 11.4. The van der Waals surface area contributed by atoms with Crippen molar-refractivity contribution in [2.45, 2.75) is 55.6 Å². The van der Waals surface area contributed by atoms with E-state index in [9.17, 15) is 18.4 Å². The van der Waals surface area contributed by atoms with Gasteiger partial charge in [-0.15, -0.1) is 0 Å². The van der Waals surface area contributed by atoms with Crippen molar-refractivity contribution in [2.24, 2.45) is 11.8 Å². The predicted octanol–water partition coefficient (Wildman–Crippen LogP) is 6.44. The van der Waals surface area contributed by atoms with Crippen molar-refractivity contribution < 1.29 is 18.4 Å². The Kier molecular flexibility index (Phi) is 5.78. The number of allylic oxidation sites excluding steroid dienone is 1. The molecule has 1 spiro atoms. The summed E-state index contributed by atoms with van der Waals surface area (Å²) < 4.78 is 27.5. The molecule has 3 aromatic carbocycles. The lowest BCUT2D eigenvalue weighted by Crippen LogP contribution is -2.56. The molecule has 0 aromatic heterocycles. The van der Waals surface area contributed by atoms with Crippen LogP contribution < -0.4 is 5.32 Å². The fourth-order valence-corrected chi connectivity index (χ4v) is 8.15. The quantitative estimate of drug-likeness (QED) is 0.400. The second-order valence-electron chi connectivity index (χ2n) is 11.4. The molecule has 0 bridgehead atoms. The Morgan fingerprint density at radius 3 is 2.36 bits per heavy atom. The number of carbonyl (C=O) groups excluding carboxylic acids is 2. The molecule has 0 radical (unpaired) electrons. The van der Waals surface area contributed by atoms with Crippen molar-refractivity contribution in [3.05, 3.63) is 107 Å². The lowest BCUT2D eigenvalue weighted by molar-refractivity contribution is -0.136. The topological polar surface area (TPSA) is 49.4 Å². The molecule has 0 unspecified atom stereocenters. The van der Waals surface area contributed by atoms with E-state index >= 15 is 0 Å². The van der Waals surface area contributed by atoms with Crippen molar-refractivity contribution >= 4 is 23.5 Å². The molecule has 2 saturated heterocycles. The van der Waals surface area contributed by atoms with Crippen molar-refractivity contribution in [3.63, 3.8) is 0 Å². The van der Waals surface area contributed by atoms with Crippen molar-refractivity contribution in [1.82, 2.24) is 4.90 Å². The highest BCUT2D eigenvalue weighted by Gasteiger charge is 2.71. The minimum atomic E-state index is -1.15. The van der Waals surface area contributed by atoms with Gasteiger partial charge in [0.2, 0.25) is 5.91 Å². The molecule has 3 aliphatic heterocycles. The summed E-state index contributed by atoms with van der Waals surface area (Å²) in [7, 11) is 0. The van der Waals surface area contributed by atoms with E-state index in [4.69, 9.17) is 0 Å². The van der Waals surface area contributed by atoms with E-state index in [1.807, 2.05) is 24.3 Å². The van der Waals surface area contributed by atoms with Crippen LogP contribution in [-0.2, 0) is 15.1 Å². The Hall–Kier alpha value is -3.64. The van der Waals surface area contributed by atoms with Gasteiger partial charge >= 0.3 is 0 Å². The fourth-order valence-electron chi connectivity index (χ4n) is 8.15. The summed E-state index contributed by atoms with van der Waals surface area (Å²) in [6, 6.07) is 20.4. The molecule has 1 N–H and O–H groups in total. The smallest absolute Gasteiger partial charge is 0.250 e. The van der Waals surface area contributed by atoms with E-state index in [1.54, 1.807) is 36.4 Å². The molecule has 4 aliphatic rings. The SMILES string of the molecule is O=C(/C=C/c1ccc(F)cc1)[C@H]1[C@H](c2ccc(F)cc2)[C@H]2C[C@H]3CCCC[C@@H]3N2[C@]12C(=O)Nc1ccccc12. The predicted molar refractivity (Wildman–Crippen MR) is 146 cm³/mol. The van der Waals surface area contributed by atoms with Gasteiger partial charge in [0.05, 0.1) is 5.92 Å². The molecule has 1 amide bonds. The summed E-state index contributed by atoms with van der Waals surface area (Å²) in [5, 5.41) is 3.13. The van der Waals surface area contributed by atoms with Crippen molar-refractivity contribution in [2.75, 3.05) is 5.32 Å². The Bertz CT molecular complexity index is 1470. The van der Waals surface area contributed by atoms with Crippen LogP contribution in [0, 0.1) is 23.5 Å². The Balaban J connectivity index is 1.43. The van der Waals surface area contributed by atoms with Gasteiger partial charge in [-0.25, -0.2) is 8.78 Å². The second kappa shape index (κ2) is 9.23. The van der Waals surface area contributed by atoms with Gasteiger partial charge in [0.15, 0.2) is 5.78 Å². The van der Waals surface area contributed by atoms with Crippen LogP contribution in [0.15, 0.2) is 78.9 Å². The molecule has 39 heavy (non-hydrogen) atoms. The lowest BCUT2D eigenvalue weighted by atomic mass is 9.68. The highest BCUT2D eigenvalue weighted by molar-refractivity contribution is 6.11. The van der Waals surface area contributed by atoms with Crippen LogP contribution in [0.3, 0.4) is 0 Å². The summed E-state index contributed by atoms with van der Waals surface area (Å²) >= 11 is 0. The van der Waals surface area contributed by atoms with E-state index in [-0.39, 0.29) is 41.3 Å². The first kappa shape index (κ1) is 24.4. The Morgan fingerprint density at radius 1 is 0.897 bits per heavy atom. The van der Waals surface area contributed by atoms with E-state index in [0.717, 1.165) is 42.5 Å². The maximum absolute atomic E-state index is 14.4. The number of hydrogen-bond donors (Lipinski definition) is 1. The van der Waals surface area contributed by atoms with Crippen molar-refractivity contribution in [1.29, 1.82) is 0 Å². The number of fused-ring (bicyclic) bond motifs is 6. The molecular formula is C33H30F2N2O2. The van der Waals surface area contributed by atoms with Gasteiger partial charge < -0.3 is 5.32 Å². The summed E-state index contributed by atoms with van der Waals surface area (Å²) in [6.45, 7) is 0. The average molecular weight is 525 g/mol. The molecule has 1 aliphatic carbocycles. The maximum atomic E-state index is 14.4. The third-order valence-corrected chi connectivity index (χ3v) is 9.56. The van der Waals surface area contributed by atoms with Crippen LogP contribution in [0.4, 0.5) is 14.5 Å².